The van der Waals surface area contributed by atoms with Crippen LogP contribution in [0.1, 0.15) is 31.7 Å². The second-order valence-corrected chi connectivity index (χ2v) is 5.98. The van der Waals surface area contributed by atoms with E-state index in [-0.39, 0.29) is 5.69 Å². The Labute approximate surface area is 152 Å². The fourth-order valence-corrected chi connectivity index (χ4v) is 2.49. The second kappa shape index (κ2) is 8.99. The molecule has 2 rings (SSSR count). The maximum absolute atomic E-state index is 10.8. The maximum Gasteiger partial charge on any atom is 0.269 e. The molecule has 0 saturated heterocycles. The highest BCUT2D eigenvalue weighted by atomic mass is 35.5. The number of nitrogens with two attached hydrogens (primary N) is 1. The third-order valence-electron chi connectivity index (χ3n) is 3.60. The molecule has 2 aromatic rings. The molecule has 0 unspecified atom stereocenters. The maximum atomic E-state index is 10.8. The lowest BCUT2D eigenvalue weighted by Gasteiger charge is -2.07. The summed E-state index contributed by atoms with van der Waals surface area (Å²) in [5, 5.41) is 11.3. The van der Waals surface area contributed by atoms with E-state index in [1.54, 1.807) is 18.2 Å². The summed E-state index contributed by atoms with van der Waals surface area (Å²) in [6.07, 6.45) is 4.64. The average molecular weight is 358 g/mol. The summed E-state index contributed by atoms with van der Waals surface area (Å²) in [4.78, 5) is 14.9. The Hall–Kier alpha value is -2.66. The van der Waals surface area contributed by atoms with Crippen molar-refractivity contribution in [2.24, 2.45) is 10.7 Å². The summed E-state index contributed by atoms with van der Waals surface area (Å²) in [6.45, 7) is 2.10. The molecule has 0 radical (unpaired) electrons. The zero-order chi connectivity index (χ0) is 18.2. The third-order valence-corrected chi connectivity index (χ3v) is 3.93. The fourth-order valence-electron chi connectivity index (χ4n) is 2.26. The summed E-state index contributed by atoms with van der Waals surface area (Å²) in [5.41, 5.74) is 8.86. The highest BCUT2D eigenvalue weighted by Crippen LogP contribution is 2.23. The number of nitrogens with zero attached hydrogens (tertiary/aromatic N) is 2. The predicted molar refractivity (Wildman–Crippen MR) is 103 cm³/mol. The number of hydrogen-bond acceptors (Lipinski definition) is 4. The van der Waals surface area contributed by atoms with Crippen LogP contribution >= 0.6 is 11.6 Å². The van der Waals surface area contributed by atoms with Crippen molar-refractivity contribution in [2.75, 3.05) is 0 Å². The van der Waals surface area contributed by atoms with Crippen LogP contribution in [-0.4, -0.2) is 10.6 Å². The molecule has 2 aromatic carbocycles. The Morgan fingerprint density at radius 3 is 2.52 bits per heavy atom. The number of hydrogen-bond donors (Lipinski definition) is 1. The Morgan fingerprint density at radius 1 is 1.24 bits per heavy atom. The molecular weight excluding hydrogens is 338 g/mol. The van der Waals surface area contributed by atoms with Crippen molar-refractivity contribution in [1.82, 2.24) is 0 Å². The van der Waals surface area contributed by atoms with Gasteiger partial charge >= 0.3 is 0 Å². The number of nitro benzene ring substituents is 1. The molecule has 0 aliphatic heterocycles. The summed E-state index contributed by atoms with van der Waals surface area (Å²) >= 11 is 6.30. The first-order valence-corrected chi connectivity index (χ1v) is 8.43. The standard InChI is InChI=1S/C19H20ClN3O2/c1-2-3-6-14(21)13-19(17-7-4-5-8-18(17)20)22-15-9-11-16(12-10-15)23(24)25/h4-5,7-13H,2-3,6,21H2,1H3. The first-order valence-electron chi connectivity index (χ1n) is 8.05. The molecule has 0 fully saturated rings. The molecular formula is C19H20ClN3O2. The van der Waals surface area contributed by atoms with Crippen LogP contribution in [0.4, 0.5) is 11.4 Å². The van der Waals surface area contributed by atoms with E-state index in [2.05, 4.69) is 11.9 Å². The van der Waals surface area contributed by atoms with Gasteiger partial charge in [0.05, 0.1) is 16.3 Å². The van der Waals surface area contributed by atoms with Crippen LogP contribution in [0.3, 0.4) is 0 Å². The van der Waals surface area contributed by atoms with Gasteiger partial charge in [-0.3, -0.25) is 10.1 Å². The summed E-state index contributed by atoms with van der Waals surface area (Å²) in [6, 6.07) is 13.4. The second-order valence-electron chi connectivity index (χ2n) is 5.57. The van der Waals surface area contributed by atoms with E-state index in [1.807, 2.05) is 24.3 Å². The van der Waals surface area contributed by atoms with E-state index >= 15 is 0 Å². The van der Waals surface area contributed by atoms with E-state index in [1.165, 1.54) is 12.1 Å². The first-order chi connectivity index (χ1) is 12.0. The summed E-state index contributed by atoms with van der Waals surface area (Å²) < 4.78 is 0. The van der Waals surface area contributed by atoms with Crippen LogP contribution in [0.15, 0.2) is 65.3 Å². The lowest BCUT2D eigenvalue weighted by atomic mass is 10.1. The molecule has 0 saturated carbocycles. The Balaban J connectivity index is 2.43. The minimum Gasteiger partial charge on any atom is -0.402 e. The number of benzene rings is 2. The minimum absolute atomic E-state index is 0.0243. The lowest BCUT2D eigenvalue weighted by molar-refractivity contribution is -0.384. The molecule has 2 N–H and O–H groups in total. The molecule has 0 aliphatic carbocycles. The highest BCUT2D eigenvalue weighted by Gasteiger charge is 2.08. The van der Waals surface area contributed by atoms with Crippen molar-refractivity contribution in [3.63, 3.8) is 0 Å². The topological polar surface area (TPSA) is 81.5 Å². The third kappa shape index (κ3) is 5.43. The average Bonchev–Trinajstić information content (AvgIpc) is 2.60. The number of non-ortho nitro benzene ring substituents is 1. The van der Waals surface area contributed by atoms with Gasteiger partial charge in [-0.2, -0.15) is 0 Å². The number of allylic oxidation sites excluding steroid dienone is 2. The minimum atomic E-state index is -0.439. The Kier molecular flexibility index (Phi) is 6.71. The van der Waals surface area contributed by atoms with Crippen molar-refractivity contribution < 1.29 is 4.92 Å². The van der Waals surface area contributed by atoms with E-state index in [4.69, 9.17) is 17.3 Å². The molecule has 0 heterocycles. The predicted octanol–water partition coefficient (Wildman–Crippen LogP) is 5.40. The van der Waals surface area contributed by atoms with Crippen LogP contribution in [0.5, 0.6) is 0 Å². The molecule has 0 aliphatic rings. The molecule has 130 valence electrons. The van der Waals surface area contributed by atoms with Gasteiger partial charge in [0.25, 0.3) is 5.69 Å². The van der Waals surface area contributed by atoms with Gasteiger partial charge in [-0.1, -0.05) is 43.1 Å². The first kappa shape index (κ1) is 18.7. The van der Waals surface area contributed by atoms with Crippen molar-refractivity contribution in [3.8, 4) is 0 Å². The molecule has 25 heavy (non-hydrogen) atoms. The molecule has 0 bridgehead atoms. The lowest BCUT2D eigenvalue weighted by Crippen LogP contribution is -2.05. The Morgan fingerprint density at radius 2 is 1.92 bits per heavy atom. The number of rotatable bonds is 7. The quantitative estimate of drug-likeness (QED) is 0.409. The van der Waals surface area contributed by atoms with Crippen molar-refractivity contribution >= 4 is 28.7 Å². The zero-order valence-corrected chi connectivity index (χ0v) is 14.7. The van der Waals surface area contributed by atoms with E-state index in [0.29, 0.717) is 16.4 Å². The Bertz CT molecular complexity index is 799. The van der Waals surface area contributed by atoms with Crippen molar-refractivity contribution in [1.29, 1.82) is 0 Å². The zero-order valence-electron chi connectivity index (χ0n) is 14.0. The van der Waals surface area contributed by atoms with E-state index < -0.39 is 4.92 Å². The van der Waals surface area contributed by atoms with Gasteiger partial charge in [0.1, 0.15) is 0 Å². The van der Waals surface area contributed by atoms with E-state index in [0.717, 1.165) is 30.5 Å². The van der Waals surface area contributed by atoms with Gasteiger partial charge in [-0.25, -0.2) is 4.99 Å². The van der Waals surface area contributed by atoms with Gasteiger partial charge in [-0.05, 0) is 37.1 Å². The van der Waals surface area contributed by atoms with Gasteiger partial charge < -0.3 is 5.73 Å². The van der Waals surface area contributed by atoms with Crippen LogP contribution in [0.25, 0.3) is 0 Å². The van der Waals surface area contributed by atoms with Crippen LogP contribution in [-0.2, 0) is 0 Å². The molecule has 0 amide bonds. The largest absolute Gasteiger partial charge is 0.402 e. The molecule has 5 nitrogen and oxygen atoms in total. The highest BCUT2D eigenvalue weighted by molar-refractivity contribution is 6.35. The number of nitro groups is 1. The van der Waals surface area contributed by atoms with Gasteiger partial charge in [-0.15, -0.1) is 0 Å². The summed E-state index contributed by atoms with van der Waals surface area (Å²) in [7, 11) is 0. The van der Waals surface area contributed by atoms with Crippen LogP contribution < -0.4 is 5.73 Å². The summed E-state index contributed by atoms with van der Waals surface area (Å²) in [5.74, 6) is 0. The SMILES string of the molecule is CCCCC(N)=CC(=Nc1ccc([N+](=O)[O-])cc1)c1ccccc1Cl. The number of unbranched alkanes of at least 4 members (excludes halogenated alkanes) is 1. The monoisotopic (exact) mass is 357 g/mol. The molecule has 0 aromatic heterocycles. The van der Waals surface area contributed by atoms with Gasteiger partial charge in [0.2, 0.25) is 0 Å². The number of aliphatic imine (C=N–C) groups is 1. The molecule has 0 atom stereocenters. The normalized spacial score (nSPS) is 12.2. The van der Waals surface area contributed by atoms with Crippen molar-refractivity contribution in [2.45, 2.75) is 26.2 Å². The molecule has 0 spiro atoms. The van der Waals surface area contributed by atoms with Gasteiger partial charge in [0, 0.05) is 28.4 Å². The van der Waals surface area contributed by atoms with Crippen LogP contribution in [0, 0.1) is 10.1 Å². The fraction of sp³-hybridized carbons (Fsp3) is 0.211. The van der Waals surface area contributed by atoms with Crippen molar-refractivity contribution in [3.05, 3.63) is 81.0 Å². The van der Waals surface area contributed by atoms with Crippen LogP contribution in [0.2, 0.25) is 5.02 Å². The number of halogens is 1. The smallest absolute Gasteiger partial charge is 0.269 e. The van der Waals surface area contributed by atoms with E-state index in [9.17, 15) is 10.1 Å². The van der Waals surface area contributed by atoms with Gasteiger partial charge in [0.15, 0.2) is 0 Å². The molecule has 6 heteroatoms.